The summed E-state index contributed by atoms with van der Waals surface area (Å²) in [6.07, 6.45) is 1.80. The van der Waals surface area contributed by atoms with Crippen molar-refractivity contribution in [2.45, 2.75) is 45.8 Å². The SMILES string of the molecule is CN(C)CCCN(Cc1ccc(C(=O)Cc2cscc2NC(=O)OC(C)(C)C)nc1)C(=O)Nc1cccc(F)c1. The van der Waals surface area contributed by atoms with Gasteiger partial charge >= 0.3 is 12.1 Å². The number of nitrogens with one attached hydrogen (secondary N) is 2. The van der Waals surface area contributed by atoms with Gasteiger partial charge in [0.2, 0.25) is 0 Å². The second-order valence-electron chi connectivity index (χ2n) is 10.6. The van der Waals surface area contributed by atoms with Crippen LogP contribution in [-0.2, 0) is 17.7 Å². The zero-order valence-electron chi connectivity index (χ0n) is 23.5. The zero-order valence-corrected chi connectivity index (χ0v) is 24.3. The minimum absolute atomic E-state index is 0.0632. The zero-order chi connectivity index (χ0) is 29.3. The minimum atomic E-state index is -0.635. The highest BCUT2D eigenvalue weighted by Gasteiger charge is 2.20. The number of anilines is 2. The van der Waals surface area contributed by atoms with Crippen LogP contribution >= 0.6 is 11.3 Å². The molecule has 3 rings (SSSR count). The van der Waals surface area contributed by atoms with Gasteiger partial charge in [-0.25, -0.2) is 14.0 Å². The Hall–Kier alpha value is -3.83. The first kappa shape index (κ1) is 30.7. The molecule has 3 amide bonds. The van der Waals surface area contributed by atoms with Crippen molar-refractivity contribution >= 4 is 40.6 Å². The van der Waals surface area contributed by atoms with E-state index in [0.717, 1.165) is 18.5 Å². The molecule has 0 atom stereocenters. The van der Waals surface area contributed by atoms with Crippen LogP contribution in [0, 0.1) is 5.82 Å². The van der Waals surface area contributed by atoms with Crippen LogP contribution in [0.2, 0.25) is 0 Å². The van der Waals surface area contributed by atoms with Crippen LogP contribution in [0.15, 0.2) is 53.4 Å². The summed E-state index contributed by atoms with van der Waals surface area (Å²) in [5.41, 5.74) is 1.97. The van der Waals surface area contributed by atoms with Gasteiger partial charge in [0.05, 0.1) is 5.69 Å². The maximum Gasteiger partial charge on any atom is 0.412 e. The average molecular weight is 570 g/mol. The predicted molar refractivity (Wildman–Crippen MR) is 155 cm³/mol. The first-order valence-electron chi connectivity index (χ1n) is 12.9. The van der Waals surface area contributed by atoms with Crippen molar-refractivity contribution in [2.75, 3.05) is 37.8 Å². The molecule has 3 aromatic rings. The van der Waals surface area contributed by atoms with Gasteiger partial charge in [0, 0.05) is 36.8 Å². The number of hydrogen-bond acceptors (Lipinski definition) is 7. The van der Waals surface area contributed by atoms with E-state index in [9.17, 15) is 18.8 Å². The number of benzene rings is 1. The van der Waals surface area contributed by atoms with E-state index < -0.39 is 17.5 Å². The van der Waals surface area contributed by atoms with Crippen LogP contribution in [0.4, 0.5) is 25.4 Å². The number of thiophene rings is 1. The topological polar surface area (TPSA) is 104 Å². The molecule has 1 aromatic carbocycles. The quantitative estimate of drug-likeness (QED) is 0.273. The molecule has 2 aromatic heterocycles. The van der Waals surface area contributed by atoms with E-state index in [2.05, 4.69) is 15.6 Å². The van der Waals surface area contributed by atoms with Gasteiger partial charge in [-0.15, -0.1) is 11.3 Å². The van der Waals surface area contributed by atoms with E-state index in [1.54, 1.807) is 55.4 Å². The molecule has 2 heterocycles. The number of aromatic nitrogens is 1. The molecule has 0 unspecified atom stereocenters. The maximum atomic E-state index is 13.6. The molecule has 2 N–H and O–H groups in total. The Kier molecular flexibility index (Phi) is 10.7. The number of pyridine rings is 1. The van der Waals surface area contributed by atoms with Gasteiger partial charge in [-0.2, -0.15) is 0 Å². The molecule has 40 heavy (non-hydrogen) atoms. The molecule has 0 saturated carbocycles. The fourth-order valence-electron chi connectivity index (χ4n) is 3.75. The first-order valence-corrected chi connectivity index (χ1v) is 13.8. The highest BCUT2D eigenvalue weighted by Crippen LogP contribution is 2.24. The van der Waals surface area contributed by atoms with Crippen molar-refractivity contribution < 1.29 is 23.5 Å². The van der Waals surface area contributed by atoms with E-state index in [0.29, 0.717) is 23.5 Å². The number of hydrogen-bond donors (Lipinski definition) is 2. The Balaban J connectivity index is 1.64. The molecule has 0 radical (unpaired) electrons. The summed E-state index contributed by atoms with van der Waals surface area (Å²) in [6, 6.07) is 8.79. The molecule has 214 valence electrons. The highest BCUT2D eigenvalue weighted by molar-refractivity contribution is 7.08. The first-order chi connectivity index (χ1) is 18.9. The van der Waals surface area contributed by atoms with Gasteiger partial charge in [0.1, 0.15) is 17.1 Å². The lowest BCUT2D eigenvalue weighted by Crippen LogP contribution is -2.36. The Morgan fingerprint density at radius 3 is 2.48 bits per heavy atom. The molecule has 0 aliphatic heterocycles. The smallest absolute Gasteiger partial charge is 0.412 e. The fourth-order valence-corrected chi connectivity index (χ4v) is 4.54. The van der Waals surface area contributed by atoms with E-state index in [1.165, 1.54) is 29.5 Å². The Morgan fingerprint density at radius 1 is 1.05 bits per heavy atom. The summed E-state index contributed by atoms with van der Waals surface area (Å²) in [5.74, 6) is -0.638. The normalized spacial score (nSPS) is 11.3. The number of rotatable bonds is 11. The number of urea groups is 1. The summed E-state index contributed by atoms with van der Waals surface area (Å²) in [4.78, 5) is 46.1. The molecule has 0 saturated heterocycles. The molecule has 0 aliphatic carbocycles. The third-order valence-corrected chi connectivity index (χ3v) is 6.40. The summed E-state index contributed by atoms with van der Waals surface area (Å²) in [6.45, 7) is 6.87. The van der Waals surface area contributed by atoms with Crippen molar-refractivity contribution in [3.8, 4) is 0 Å². The predicted octanol–water partition coefficient (Wildman–Crippen LogP) is 6.04. The van der Waals surface area contributed by atoms with E-state index in [1.807, 2.05) is 24.4 Å². The number of amides is 3. The maximum absolute atomic E-state index is 13.6. The molecular formula is C29H36FN5O4S. The Morgan fingerprint density at radius 2 is 1.82 bits per heavy atom. The van der Waals surface area contributed by atoms with Gasteiger partial charge in [-0.3, -0.25) is 15.1 Å². The molecule has 9 nitrogen and oxygen atoms in total. The van der Waals surface area contributed by atoms with Crippen LogP contribution in [-0.4, -0.2) is 65.5 Å². The molecule has 0 fully saturated rings. The van der Waals surface area contributed by atoms with Crippen molar-refractivity contribution in [3.63, 3.8) is 0 Å². The monoisotopic (exact) mass is 569 g/mol. The molecular weight excluding hydrogens is 533 g/mol. The lowest BCUT2D eigenvalue weighted by atomic mass is 10.1. The molecule has 0 bridgehead atoms. The second kappa shape index (κ2) is 14.0. The summed E-state index contributed by atoms with van der Waals surface area (Å²) in [7, 11) is 3.92. The number of halogens is 1. The van der Waals surface area contributed by atoms with Gasteiger partial charge in [0.15, 0.2) is 5.78 Å². The Labute approximate surface area is 238 Å². The largest absolute Gasteiger partial charge is 0.444 e. The van der Waals surface area contributed by atoms with E-state index in [4.69, 9.17) is 4.74 Å². The minimum Gasteiger partial charge on any atom is -0.444 e. The fraction of sp³-hybridized carbons (Fsp3) is 0.379. The average Bonchev–Trinajstić information content (AvgIpc) is 3.28. The number of nitrogens with zero attached hydrogens (tertiary/aromatic N) is 3. The van der Waals surface area contributed by atoms with Gasteiger partial charge < -0.3 is 19.9 Å². The van der Waals surface area contributed by atoms with Crippen LogP contribution in [0.1, 0.15) is 48.8 Å². The van der Waals surface area contributed by atoms with Crippen LogP contribution < -0.4 is 10.6 Å². The number of carbonyl (C=O) groups excluding carboxylic acids is 3. The Bertz CT molecular complexity index is 1300. The number of carbonyl (C=O) groups is 3. The number of Topliss-reactive ketones (excluding diaryl/α,β-unsaturated/α-hetero) is 1. The summed E-state index contributed by atoms with van der Waals surface area (Å²) >= 11 is 1.37. The second-order valence-corrected chi connectivity index (χ2v) is 11.4. The van der Waals surface area contributed by atoms with Crippen molar-refractivity contribution in [2.24, 2.45) is 0 Å². The van der Waals surface area contributed by atoms with Gasteiger partial charge in [-0.1, -0.05) is 12.1 Å². The van der Waals surface area contributed by atoms with E-state index in [-0.39, 0.29) is 30.5 Å². The van der Waals surface area contributed by atoms with Crippen LogP contribution in [0.25, 0.3) is 0 Å². The lowest BCUT2D eigenvalue weighted by molar-refractivity contribution is 0.0635. The standard InChI is InChI=1S/C29H36FN5O4S/c1-29(2,3)39-28(38)33-25-19-40-18-21(25)14-26(36)24-11-10-20(16-31-24)17-35(13-7-12-34(4)5)27(37)32-23-9-6-8-22(30)15-23/h6,8-11,15-16,18-19H,7,12-14,17H2,1-5H3,(H,32,37)(H,33,38). The third kappa shape index (κ3) is 10.0. The number of ether oxygens (including phenoxy) is 1. The van der Waals surface area contributed by atoms with Crippen molar-refractivity contribution in [1.82, 2.24) is 14.8 Å². The van der Waals surface area contributed by atoms with Crippen molar-refractivity contribution in [3.05, 3.63) is 76.0 Å². The van der Waals surface area contributed by atoms with Crippen LogP contribution in [0.3, 0.4) is 0 Å². The van der Waals surface area contributed by atoms with Crippen molar-refractivity contribution in [1.29, 1.82) is 0 Å². The molecule has 0 aliphatic rings. The van der Waals surface area contributed by atoms with Gasteiger partial charge in [-0.05, 0) is 88.6 Å². The lowest BCUT2D eigenvalue weighted by Gasteiger charge is -2.24. The van der Waals surface area contributed by atoms with Gasteiger partial charge in [0.25, 0.3) is 0 Å². The summed E-state index contributed by atoms with van der Waals surface area (Å²) in [5, 5.41) is 9.01. The highest BCUT2D eigenvalue weighted by atomic mass is 32.1. The third-order valence-electron chi connectivity index (χ3n) is 5.61. The molecule has 0 spiro atoms. The van der Waals surface area contributed by atoms with Crippen LogP contribution in [0.5, 0.6) is 0 Å². The van der Waals surface area contributed by atoms with E-state index >= 15 is 0 Å². The molecule has 11 heteroatoms. The summed E-state index contributed by atoms with van der Waals surface area (Å²) < 4.78 is 18.9. The number of ketones is 1.